The molecule has 1 aromatic carbocycles. The zero-order valence-corrected chi connectivity index (χ0v) is 13.9. The van der Waals surface area contributed by atoms with Gasteiger partial charge in [0.15, 0.2) is 0 Å². The van der Waals surface area contributed by atoms with Crippen LogP contribution < -0.4 is 9.80 Å². The number of rotatable bonds is 3. The van der Waals surface area contributed by atoms with Gasteiger partial charge in [0.1, 0.15) is 0 Å². The zero-order chi connectivity index (χ0) is 15.7. The van der Waals surface area contributed by atoms with Gasteiger partial charge in [0.25, 0.3) is 0 Å². The number of carbonyl (C=O) groups is 1. The van der Waals surface area contributed by atoms with E-state index in [9.17, 15) is 4.79 Å². The molecule has 4 heteroatoms. The van der Waals surface area contributed by atoms with E-state index in [-0.39, 0.29) is 11.4 Å². The lowest BCUT2D eigenvalue weighted by molar-refractivity contribution is 0.0601. The summed E-state index contributed by atoms with van der Waals surface area (Å²) < 4.78 is 4.86. The quantitative estimate of drug-likeness (QED) is 0.796. The fraction of sp³-hybridized carbons (Fsp3) is 0.562. The number of anilines is 2. The summed E-state index contributed by atoms with van der Waals surface area (Å²) in [6, 6.07) is 3.80. The van der Waals surface area contributed by atoms with E-state index in [2.05, 4.69) is 20.8 Å². The number of carbonyl (C=O) groups excluding carboxylic acids is 1. The maximum absolute atomic E-state index is 11.9. The van der Waals surface area contributed by atoms with Crippen molar-refractivity contribution >= 4 is 17.3 Å². The Morgan fingerprint density at radius 2 is 1.40 bits per heavy atom. The predicted octanol–water partition coefficient (Wildman–Crippen LogP) is 2.90. The third kappa shape index (κ3) is 3.24. The van der Waals surface area contributed by atoms with Crippen molar-refractivity contribution in [2.45, 2.75) is 26.2 Å². The highest BCUT2D eigenvalue weighted by Gasteiger charge is 2.26. The SMILES string of the molecule is COC(=O)c1cc(N(C)C)c(C(C)(C)C)c(N(C)C)c1. The molecule has 0 bridgehead atoms. The molecule has 0 fully saturated rings. The van der Waals surface area contributed by atoms with E-state index in [1.807, 2.05) is 50.1 Å². The van der Waals surface area contributed by atoms with Gasteiger partial charge in [-0.1, -0.05) is 20.8 Å². The van der Waals surface area contributed by atoms with Gasteiger partial charge in [0.2, 0.25) is 0 Å². The van der Waals surface area contributed by atoms with Crippen molar-refractivity contribution in [2.24, 2.45) is 0 Å². The molecule has 1 aromatic rings. The first-order chi connectivity index (χ1) is 9.09. The number of hydrogen-bond donors (Lipinski definition) is 0. The zero-order valence-electron chi connectivity index (χ0n) is 13.9. The fourth-order valence-electron chi connectivity index (χ4n) is 2.32. The molecule has 0 radical (unpaired) electrons. The molecule has 0 N–H and O–H groups in total. The van der Waals surface area contributed by atoms with Crippen molar-refractivity contribution in [3.05, 3.63) is 23.3 Å². The first kappa shape index (κ1) is 16.3. The molecule has 0 saturated heterocycles. The lowest BCUT2D eigenvalue weighted by atomic mass is 9.83. The summed E-state index contributed by atoms with van der Waals surface area (Å²) in [6.45, 7) is 6.54. The molecule has 0 aliphatic carbocycles. The minimum Gasteiger partial charge on any atom is -0.465 e. The van der Waals surface area contributed by atoms with Crippen LogP contribution in [0.25, 0.3) is 0 Å². The summed E-state index contributed by atoms with van der Waals surface area (Å²) >= 11 is 0. The molecule has 112 valence electrons. The van der Waals surface area contributed by atoms with E-state index in [0.29, 0.717) is 5.56 Å². The molecular formula is C16H26N2O2. The van der Waals surface area contributed by atoms with Gasteiger partial charge in [-0.25, -0.2) is 4.79 Å². The number of esters is 1. The van der Waals surface area contributed by atoms with Gasteiger partial charge in [-0.2, -0.15) is 0 Å². The molecular weight excluding hydrogens is 252 g/mol. The van der Waals surface area contributed by atoms with Crippen molar-refractivity contribution in [1.29, 1.82) is 0 Å². The second kappa shape index (κ2) is 5.73. The van der Waals surface area contributed by atoms with Crippen LogP contribution in [-0.2, 0) is 10.2 Å². The van der Waals surface area contributed by atoms with Gasteiger partial charge in [0, 0.05) is 45.1 Å². The van der Waals surface area contributed by atoms with Crippen molar-refractivity contribution < 1.29 is 9.53 Å². The fourth-order valence-corrected chi connectivity index (χ4v) is 2.32. The van der Waals surface area contributed by atoms with Gasteiger partial charge in [0.05, 0.1) is 12.7 Å². The number of methoxy groups -OCH3 is 1. The Labute approximate surface area is 122 Å². The van der Waals surface area contributed by atoms with Crippen LogP contribution in [0.5, 0.6) is 0 Å². The van der Waals surface area contributed by atoms with Gasteiger partial charge in [-0.15, -0.1) is 0 Å². The number of benzene rings is 1. The van der Waals surface area contributed by atoms with Crippen LogP contribution in [0, 0.1) is 0 Å². The smallest absolute Gasteiger partial charge is 0.337 e. The van der Waals surface area contributed by atoms with E-state index < -0.39 is 0 Å². The van der Waals surface area contributed by atoms with Gasteiger partial charge < -0.3 is 14.5 Å². The van der Waals surface area contributed by atoms with E-state index in [1.54, 1.807) is 0 Å². The summed E-state index contributed by atoms with van der Waals surface area (Å²) in [5, 5.41) is 0. The summed E-state index contributed by atoms with van der Waals surface area (Å²) in [5.41, 5.74) is 3.87. The largest absolute Gasteiger partial charge is 0.465 e. The van der Waals surface area contributed by atoms with Crippen molar-refractivity contribution in [3.63, 3.8) is 0 Å². The molecule has 1 rings (SSSR count). The molecule has 0 saturated carbocycles. The van der Waals surface area contributed by atoms with Crippen LogP contribution in [0.2, 0.25) is 0 Å². The molecule has 0 spiro atoms. The Hall–Kier alpha value is -1.71. The van der Waals surface area contributed by atoms with Crippen LogP contribution in [0.15, 0.2) is 12.1 Å². The van der Waals surface area contributed by atoms with Crippen LogP contribution in [-0.4, -0.2) is 41.3 Å². The van der Waals surface area contributed by atoms with Crippen molar-refractivity contribution in [3.8, 4) is 0 Å². The maximum atomic E-state index is 11.9. The third-order valence-electron chi connectivity index (χ3n) is 3.23. The third-order valence-corrected chi connectivity index (χ3v) is 3.23. The van der Waals surface area contributed by atoms with E-state index in [4.69, 9.17) is 4.74 Å². The molecule has 0 aromatic heterocycles. The first-order valence-electron chi connectivity index (χ1n) is 6.71. The molecule has 4 nitrogen and oxygen atoms in total. The van der Waals surface area contributed by atoms with Crippen LogP contribution >= 0.6 is 0 Å². The Kier molecular flexibility index (Phi) is 4.69. The number of hydrogen-bond acceptors (Lipinski definition) is 4. The maximum Gasteiger partial charge on any atom is 0.337 e. The summed E-state index contributed by atoms with van der Waals surface area (Å²) in [5.74, 6) is -0.309. The summed E-state index contributed by atoms with van der Waals surface area (Å²) in [4.78, 5) is 15.9. The normalized spacial score (nSPS) is 11.2. The molecule has 0 unspecified atom stereocenters. The lowest BCUT2D eigenvalue weighted by Crippen LogP contribution is -2.24. The van der Waals surface area contributed by atoms with Gasteiger partial charge in [-0.05, 0) is 17.5 Å². The molecule has 0 atom stereocenters. The van der Waals surface area contributed by atoms with Crippen LogP contribution in [0.1, 0.15) is 36.7 Å². The van der Waals surface area contributed by atoms with Gasteiger partial charge in [-0.3, -0.25) is 0 Å². The lowest BCUT2D eigenvalue weighted by Gasteiger charge is -2.32. The summed E-state index contributed by atoms with van der Waals surface area (Å²) in [6.07, 6.45) is 0. The minimum atomic E-state index is -0.309. The number of nitrogens with zero attached hydrogens (tertiary/aromatic N) is 2. The predicted molar refractivity (Wildman–Crippen MR) is 85.1 cm³/mol. The van der Waals surface area contributed by atoms with Crippen LogP contribution in [0.3, 0.4) is 0 Å². The Morgan fingerprint density at radius 3 is 1.65 bits per heavy atom. The molecule has 0 aliphatic rings. The second-order valence-electron chi connectivity index (χ2n) is 6.42. The second-order valence-corrected chi connectivity index (χ2v) is 6.42. The molecule has 20 heavy (non-hydrogen) atoms. The van der Waals surface area contributed by atoms with E-state index in [0.717, 1.165) is 11.4 Å². The first-order valence-corrected chi connectivity index (χ1v) is 6.71. The van der Waals surface area contributed by atoms with E-state index in [1.165, 1.54) is 12.7 Å². The number of ether oxygens (including phenoxy) is 1. The average Bonchev–Trinajstić information content (AvgIpc) is 2.34. The minimum absolute atomic E-state index is 0.0200. The highest BCUT2D eigenvalue weighted by atomic mass is 16.5. The highest BCUT2D eigenvalue weighted by Crippen LogP contribution is 2.39. The molecule has 0 amide bonds. The Morgan fingerprint density at radius 1 is 1.00 bits per heavy atom. The molecule has 0 heterocycles. The highest BCUT2D eigenvalue weighted by molar-refractivity contribution is 5.93. The summed E-state index contributed by atoms with van der Waals surface area (Å²) in [7, 11) is 9.37. The topological polar surface area (TPSA) is 32.8 Å². The van der Waals surface area contributed by atoms with Crippen molar-refractivity contribution in [1.82, 2.24) is 0 Å². The Bertz CT molecular complexity index is 471. The monoisotopic (exact) mass is 278 g/mol. The van der Waals surface area contributed by atoms with E-state index >= 15 is 0 Å². The average molecular weight is 278 g/mol. The van der Waals surface area contributed by atoms with Crippen LogP contribution in [0.4, 0.5) is 11.4 Å². The van der Waals surface area contributed by atoms with Crippen molar-refractivity contribution in [2.75, 3.05) is 45.1 Å². The molecule has 0 aliphatic heterocycles. The Balaban J connectivity index is 3.68. The van der Waals surface area contributed by atoms with Gasteiger partial charge >= 0.3 is 5.97 Å². The standard InChI is InChI=1S/C16H26N2O2/c1-16(2,3)14-12(17(4)5)9-11(15(19)20-8)10-13(14)18(6)7/h9-10H,1-8H3.